The molecule has 0 saturated carbocycles. The van der Waals surface area contributed by atoms with Crippen molar-refractivity contribution in [2.75, 3.05) is 0 Å². The number of aliphatic hydroxyl groups excluding tert-OH is 1. The third-order valence-electron chi connectivity index (χ3n) is 3.95. The van der Waals surface area contributed by atoms with E-state index in [2.05, 4.69) is 26.5 Å². The molecular formula is C22H19BrN2O3. The van der Waals surface area contributed by atoms with Gasteiger partial charge in [0.15, 0.2) is 6.10 Å². The fraction of sp³-hybridized carbons (Fsp3) is 0.0909. The van der Waals surface area contributed by atoms with E-state index in [-0.39, 0.29) is 0 Å². The number of carbonyl (C=O) groups is 1. The van der Waals surface area contributed by atoms with Crippen LogP contribution in [0.25, 0.3) is 0 Å². The maximum absolute atomic E-state index is 12.0. The molecule has 3 aromatic carbocycles. The summed E-state index contributed by atoms with van der Waals surface area (Å²) in [7, 11) is 0. The zero-order valence-electron chi connectivity index (χ0n) is 15.0. The van der Waals surface area contributed by atoms with Gasteiger partial charge in [0.05, 0.1) is 10.7 Å². The molecule has 6 heteroatoms. The molecule has 3 aromatic rings. The minimum atomic E-state index is -1.26. The van der Waals surface area contributed by atoms with Crippen LogP contribution in [-0.4, -0.2) is 17.2 Å². The second kappa shape index (κ2) is 9.82. The molecule has 0 aliphatic rings. The predicted molar refractivity (Wildman–Crippen MR) is 112 cm³/mol. The first-order chi connectivity index (χ1) is 13.6. The van der Waals surface area contributed by atoms with Gasteiger partial charge in [0, 0.05) is 0 Å². The summed E-state index contributed by atoms with van der Waals surface area (Å²) in [5, 5.41) is 13.9. The maximum Gasteiger partial charge on any atom is 0.273 e. The van der Waals surface area contributed by atoms with Gasteiger partial charge in [-0.05, 0) is 50.8 Å². The Morgan fingerprint density at radius 3 is 2.43 bits per heavy atom. The molecule has 0 bridgehead atoms. The molecule has 5 nitrogen and oxygen atoms in total. The number of hydrogen-bond acceptors (Lipinski definition) is 4. The largest absolute Gasteiger partial charge is 0.488 e. The highest BCUT2D eigenvalue weighted by Crippen LogP contribution is 2.26. The van der Waals surface area contributed by atoms with Crippen LogP contribution in [0, 0.1) is 0 Å². The first-order valence-corrected chi connectivity index (χ1v) is 9.45. The SMILES string of the molecule is O=C(N/N=C\c1ccc(OCc2ccccc2)c(Br)c1)[C@H](O)c1ccccc1. The topological polar surface area (TPSA) is 70.9 Å². The fourth-order valence-electron chi connectivity index (χ4n) is 2.47. The van der Waals surface area contributed by atoms with Crippen LogP contribution < -0.4 is 10.2 Å². The van der Waals surface area contributed by atoms with Gasteiger partial charge in [-0.3, -0.25) is 4.79 Å². The highest BCUT2D eigenvalue weighted by atomic mass is 79.9. The lowest BCUT2D eigenvalue weighted by Crippen LogP contribution is -2.25. The summed E-state index contributed by atoms with van der Waals surface area (Å²) >= 11 is 3.48. The highest BCUT2D eigenvalue weighted by Gasteiger charge is 2.15. The van der Waals surface area contributed by atoms with Crippen molar-refractivity contribution in [3.63, 3.8) is 0 Å². The normalized spacial score (nSPS) is 11.9. The monoisotopic (exact) mass is 438 g/mol. The average Bonchev–Trinajstić information content (AvgIpc) is 2.74. The number of aliphatic hydroxyl groups is 1. The standard InChI is InChI=1S/C22H19BrN2O3/c23-19-13-17(11-12-20(19)28-15-16-7-3-1-4-8-16)14-24-25-22(27)21(26)18-9-5-2-6-10-18/h1-14,21,26H,15H2,(H,25,27)/b24-14-/t21-/m1/s1. The van der Waals surface area contributed by atoms with E-state index in [1.165, 1.54) is 6.21 Å². The van der Waals surface area contributed by atoms with E-state index in [0.29, 0.717) is 17.9 Å². The summed E-state index contributed by atoms with van der Waals surface area (Å²) in [6.07, 6.45) is 0.236. The molecule has 0 fully saturated rings. The van der Waals surface area contributed by atoms with E-state index < -0.39 is 12.0 Å². The number of ether oxygens (including phenoxy) is 1. The number of hydrazone groups is 1. The molecule has 2 N–H and O–H groups in total. The predicted octanol–water partition coefficient (Wildman–Crippen LogP) is 4.21. The first kappa shape index (κ1) is 19.8. The van der Waals surface area contributed by atoms with Crippen molar-refractivity contribution in [2.45, 2.75) is 12.7 Å². The van der Waals surface area contributed by atoms with Gasteiger partial charge < -0.3 is 9.84 Å². The van der Waals surface area contributed by atoms with Crippen LogP contribution in [0.4, 0.5) is 0 Å². The minimum Gasteiger partial charge on any atom is -0.488 e. The molecule has 1 amide bonds. The molecule has 28 heavy (non-hydrogen) atoms. The van der Waals surface area contributed by atoms with Crippen molar-refractivity contribution in [2.24, 2.45) is 5.10 Å². The quantitative estimate of drug-likeness (QED) is 0.428. The summed E-state index contributed by atoms with van der Waals surface area (Å²) in [4.78, 5) is 12.0. The zero-order chi connectivity index (χ0) is 19.8. The van der Waals surface area contributed by atoms with Crippen LogP contribution >= 0.6 is 15.9 Å². The van der Waals surface area contributed by atoms with Crippen molar-refractivity contribution in [1.82, 2.24) is 5.43 Å². The number of carbonyl (C=O) groups excluding carboxylic acids is 1. The van der Waals surface area contributed by atoms with Crippen LogP contribution in [0.1, 0.15) is 22.8 Å². The molecular weight excluding hydrogens is 420 g/mol. The van der Waals surface area contributed by atoms with Gasteiger partial charge >= 0.3 is 0 Å². The Labute approximate surface area is 171 Å². The molecule has 3 rings (SSSR count). The lowest BCUT2D eigenvalue weighted by Gasteiger charge is -2.09. The summed E-state index contributed by atoms with van der Waals surface area (Å²) in [5.41, 5.74) is 4.71. The molecule has 0 heterocycles. The van der Waals surface area contributed by atoms with Crippen molar-refractivity contribution in [3.05, 3.63) is 100 Å². The van der Waals surface area contributed by atoms with Gasteiger partial charge in [-0.25, -0.2) is 5.43 Å². The van der Waals surface area contributed by atoms with Gasteiger partial charge in [0.25, 0.3) is 5.91 Å². The number of nitrogens with one attached hydrogen (secondary N) is 1. The van der Waals surface area contributed by atoms with Crippen LogP contribution in [0.2, 0.25) is 0 Å². The lowest BCUT2D eigenvalue weighted by atomic mass is 10.1. The van der Waals surface area contributed by atoms with Crippen LogP contribution in [0.5, 0.6) is 5.75 Å². The van der Waals surface area contributed by atoms with Crippen molar-refractivity contribution in [1.29, 1.82) is 0 Å². The Hall–Kier alpha value is -2.96. The van der Waals surface area contributed by atoms with Crippen LogP contribution in [-0.2, 0) is 11.4 Å². The molecule has 142 valence electrons. The molecule has 0 saturated heterocycles. The van der Waals surface area contributed by atoms with E-state index in [1.807, 2.05) is 54.6 Å². The molecule has 0 aromatic heterocycles. The van der Waals surface area contributed by atoms with Gasteiger partial charge in [-0.2, -0.15) is 5.10 Å². The molecule has 0 aliphatic carbocycles. The Kier molecular flexibility index (Phi) is 6.94. The molecule has 0 unspecified atom stereocenters. The first-order valence-electron chi connectivity index (χ1n) is 8.65. The van der Waals surface area contributed by atoms with Crippen molar-refractivity contribution < 1.29 is 14.6 Å². The van der Waals surface area contributed by atoms with Crippen molar-refractivity contribution >= 4 is 28.1 Å². The molecule has 1 atom stereocenters. The Balaban J connectivity index is 1.55. The van der Waals surface area contributed by atoms with E-state index in [1.54, 1.807) is 24.3 Å². The molecule has 0 radical (unpaired) electrons. The van der Waals surface area contributed by atoms with E-state index in [0.717, 1.165) is 15.6 Å². The van der Waals surface area contributed by atoms with Crippen LogP contribution in [0.15, 0.2) is 88.4 Å². The van der Waals surface area contributed by atoms with E-state index in [9.17, 15) is 9.90 Å². The smallest absolute Gasteiger partial charge is 0.273 e. The van der Waals surface area contributed by atoms with Gasteiger partial charge in [0.1, 0.15) is 12.4 Å². The van der Waals surface area contributed by atoms with Gasteiger partial charge in [-0.1, -0.05) is 60.7 Å². The second-order valence-electron chi connectivity index (χ2n) is 6.01. The third kappa shape index (κ3) is 5.52. The second-order valence-corrected chi connectivity index (χ2v) is 6.87. The number of hydrogen-bond donors (Lipinski definition) is 2. The fourth-order valence-corrected chi connectivity index (χ4v) is 2.98. The summed E-state index contributed by atoms with van der Waals surface area (Å²) in [5.74, 6) is 0.119. The number of rotatable bonds is 7. The summed E-state index contributed by atoms with van der Waals surface area (Å²) < 4.78 is 6.59. The van der Waals surface area contributed by atoms with Crippen LogP contribution in [0.3, 0.4) is 0 Å². The highest BCUT2D eigenvalue weighted by molar-refractivity contribution is 9.10. The minimum absolute atomic E-state index is 0.473. The Morgan fingerprint density at radius 1 is 1.07 bits per heavy atom. The summed E-state index contributed by atoms with van der Waals surface area (Å²) in [6, 6.07) is 24.1. The lowest BCUT2D eigenvalue weighted by molar-refractivity contribution is -0.129. The van der Waals surface area contributed by atoms with Crippen molar-refractivity contribution in [3.8, 4) is 5.75 Å². The summed E-state index contributed by atoms with van der Waals surface area (Å²) in [6.45, 7) is 0.473. The molecule has 0 aliphatic heterocycles. The number of amides is 1. The third-order valence-corrected chi connectivity index (χ3v) is 4.56. The molecule has 0 spiro atoms. The number of halogens is 1. The van der Waals surface area contributed by atoms with Gasteiger partial charge in [0.2, 0.25) is 0 Å². The van der Waals surface area contributed by atoms with E-state index >= 15 is 0 Å². The number of nitrogens with zero attached hydrogens (tertiary/aromatic N) is 1. The Morgan fingerprint density at radius 2 is 1.75 bits per heavy atom. The maximum atomic E-state index is 12.0. The Bertz CT molecular complexity index is 947. The number of benzene rings is 3. The van der Waals surface area contributed by atoms with E-state index in [4.69, 9.17) is 4.74 Å². The average molecular weight is 439 g/mol. The zero-order valence-corrected chi connectivity index (χ0v) is 16.5. The van der Waals surface area contributed by atoms with Gasteiger partial charge in [-0.15, -0.1) is 0 Å².